The van der Waals surface area contributed by atoms with E-state index in [-0.39, 0.29) is 11.8 Å². The molecule has 1 atom stereocenters. The Morgan fingerprint density at radius 2 is 1.85 bits per heavy atom. The predicted molar refractivity (Wildman–Crippen MR) is 113 cm³/mol. The van der Waals surface area contributed by atoms with Crippen LogP contribution in [0.4, 0.5) is 0 Å². The number of rotatable bonds is 8. The van der Waals surface area contributed by atoms with Gasteiger partial charge in [-0.15, -0.1) is 11.8 Å². The van der Waals surface area contributed by atoms with Crippen molar-refractivity contribution in [2.24, 2.45) is 0 Å². The number of carbonyl (C=O) groups excluding carboxylic acids is 2. The van der Waals surface area contributed by atoms with E-state index in [1.54, 1.807) is 36.7 Å². The summed E-state index contributed by atoms with van der Waals surface area (Å²) in [6.45, 7) is 4.14. The fraction of sp³-hybridized carbons (Fsp3) is 0.333. The van der Waals surface area contributed by atoms with Gasteiger partial charge in [-0.05, 0) is 37.1 Å². The number of benzene rings is 2. The zero-order valence-electron chi connectivity index (χ0n) is 15.9. The van der Waals surface area contributed by atoms with Gasteiger partial charge in [0.15, 0.2) is 0 Å². The molecule has 0 bridgehead atoms. The van der Waals surface area contributed by atoms with Gasteiger partial charge in [-0.2, -0.15) is 0 Å². The van der Waals surface area contributed by atoms with Crippen LogP contribution in [0.2, 0.25) is 5.02 Å². The molecule has 0 spiro atoms. The molecule has 0 saturated heterocycles. The third-order valence-electron chi connectivity index (χ3n) is 4.27. The number of nitrogens with zero attached hydrogens (tertiary/aromatic N) is 1. The molecular formula is C21H25ClN2O2S. The largest absolute Gasteiger partial charge is 0.357 e. The summed E-state index contributed by atoms with van der Waals surface area (Å²) in [7, 11) is 1.58. The number of hydrogen-bond acceptors (Lipinski definition) is 3. The average Bonchev–Trinajstić information content (AvgIpc) is 2.66. The first kappa shape index (κ1) is 21.3. The lowest BCUT2D eigenvalue weighted by Gasteiger charge is -2.28. The van der Waals surface area contributed by atoms with Crippen molar-refractivity contribution in [3.05, 3.63) is 70.2 Å². The lowest BCUT2D eigenvalue weighted by atomic mass is 10.1. The zero-order valence-corrected chi connectivity index (χ0v) is 17.4. The molecule has 0 fully saturated rings. The monoisotopic (exact) mass is 404 g/mol. The maximum Gasteiger partial charge on any atom is 0.242 e. The van der Waals surface area contributed by atoms with E-state index in [9.17, 15) is 9.59 Å². The quantitative estimate of drug-likeness (QED) is 0.722. The van der Waals surface area contributed by atoms with Gasteiger partial charge < -0.3 is 10.2 Å². The van der Waals surface area contributed by atoms with Gasteiger partial charge in [-0.1, -0.05) is 53.6 Å². The van der Waals surface area contributed by atoms with Gasteiger partial charge in [0, 0.05) is 24.4 Å². The van der Waals surface area contributed by atoms with Crippen molar-refractivity contribution in [2.75, 3.05) is 12.8 Å². The molecule has 2 aromatic carbocycles. The van der Waals surface area contributed by atoms with Crippen LogP contribution in [0.3, 0.4) is 0 Å². The van der Waals surface area contributed by atoms with Crippen molar-refractivity contribution < 1.29 is 9.59 Å². The molecule has 144 valence electrons. The number of amides is 2. The molecule has 4 nitrogen and oxygen atoms in total. The summed E-state index contributed by atoms with van der Waals surface area (Å²) in [6, 6.07) is 15.1. The Labute approximate surface area is 170 Å². The highest BCUT2D eigenvalue weighted by atomic mass is 35.5. The number of aryl methyl sites for hydroxylation is 1. The van der Waals surface area contributed by atoms with E-state index >= 15 is 0 Å². The van der Waals surface area contributed by atoms with Gasteiger partial charge >= 0.3 is 0 Å². The number of carbonyl (C=O) groups is 2. The molecule has 2 amide bonds. The summed E-state index contributed by atoms with van der Waals surface area (Å²) in [4.78, 5) is 26.5. The van der Waals surface area contributed by atoms with Gasteiger partial charge in [-0.25, -0.2) is 0 Å². The number of likely N-dealkylation sites (N-methyl/N-ethyl adjacent to an activating group) is 1. The van der Waals surface area contributed by atoms with Crippen LogP contribution >= 0.6 is 23.4 Å². The van der Waals surface area contributed by atoms with Gasteiger partial charge in [0.1, 0.15) is 6.04 Å². The van der Waals surface area contributed by atoms with Gasteiger partial charge in [0.25, 0.3) is 0 Å². The molecule has 6 heteroatoms. The van der Waals surface area contributed by atoms with Gasteiger partial charge in [0.2, 0.25) is 11.8 Å². The second-order valence-corrected chi connectivity index (χ2v) is 7.84. The third-order valence-corrected chi connectivity index (χ3v) is 5.49. The first-order chi connectivity index (χ1) is 12.9. The Morgan fingerprint density at radius 1 is 1.15 bits per heavy atom. The minimum atomic E-state index is -0.554. The van der Waals surface area contributed by atoms with Crippen molar-refractivity contribution in [1.29, 1.82) is 0 Å². The second kappa shape index (κ2) is 10.4. The highest BCUT2D eigenvalue weighted by molar-refractivity contribution is 7.99. The topological polar surface area (TPSA) is 49.4 Å². The lowest BCUT2D eigenvalue weighted by molar-refractivity contribution is -0.138. The standard InChI is InChI=1S/C21H25ClN2O2S/c1-15-7-9-17(10-8-15)13-27-14-20(25)24(16(2)21(26)23-3)12-18-5-4-6-19(22)11-18/h4-11,16H,12-14H2,1-3H3,(H,23,26). The van der Waals surface area contributed by atoms with E-state index in [1.807, 2.05) is 25.1 Å². The summed E-state index contributed by atoms with van der Waals surface area (Å²) in [5, 5.41) is 3.23. The Balaban J connectivity index is 2.03. The molecule has 1 unspecified atom stereocenters. The molecule has 0 aliphatic heterocycles. The molecule has 0 saturated carbocycles. The number of halogens is 1. The first-order valence-corrected chi connectivity index (χ1v) is 10.3. The molecule has 0 aliphatic rings. The lowest BCUT2D eigenvalue weighted by Crippen LogP contribution is -2.47. The van der Waals surface area contributed by atoms with Gasteiger partial charge in [0.05, 0.1) is 5.75 Å². The molecule has 0 aliphatic carbocycles. The summed E-state index contributed by atoms with van der Waals surface area (Å²) >= 11 is 7.60. The van der Waals surface area contributed by atoms with Crippen molar-refractivity contribution in [2.45, 2.75) is 32.2 Å². The van der Waals surface area contributed by atoms with Crippen LogP contribution in [-0.4, -0.2) is 35.6 Å². The molecular weight excluding hydrogens is 380 g/mol. The predicted octanol–water partition coefficient (Wildman–Crippen LogP) is 4.04. The molecule has 0 radical (unpaired) electrons. The average molecular weight is 405 g/mol. The van der Waals surface area contributed by atoms with Gasteiger partial charge in [-0.3, -0.25) is 9.59 Å². The molecule has 27 heavy (non-hydrogen) atoms. The Kier molecular flexibility index (Phi) is 8.20. The summed E-state index contributed by atoms with van der Waals surface area (Å²) in [5.74, 6) is 0.818. The van der Waals surface area contributed by atoms with Crippen molar-refractivity contribution >= 4 is 35.2 Å². The molecule has 0 aromatic heterocycles. The van der Waals surface area contributed by atoms with Crippen LogP contribution in [0.15, 0.2) is 48.5 Å². The highest BCUT2D eigenvalue weighted by Gasteiger charge is 2.25. The molecule has 0 heterocycles. The summed E-state index contributed by atoms with van der Waals surface area (Å²) < 4.78 is 0. The number of thioether (sulfide) groups is 1. The van der Waals surface area contributed by atoms with Crippen LogP contribution in [0, 0.1) is 6.92 Å². The fourth-order valence-electron chi connectivity index (χ4n) is 2.65. The molecule has 2 aromatic rings. The number of nitrogens with one attached hydrogen (secondary N) is 1. The van der Waals surface area contributed by atoms with E-state index < -0.39 is 6.04 Å². The van der Waals surface area contributed by atoms with Crippen LogP contribution in [0.5, 0.6) is 0 Å². The maximum atomic E-state index is 12.8. The Hall–Kier alpha value is -1.98. The third kappa shape index (κ3) is 6.60. The van der Waals surface area contributed by atoms with Crippen LogP contribution < -0.4 is 5.32 Å². The SMILES string of the molecule is CNC(=O)C(C)N(Cc1cccc(Cl)c1)C(=O)CSCc1ccc(C)cc1. The fourth-order valence-corrected chi connectivity index (χ4v) is 3.73. The summed E-state index contributed by atoms with van der Waals surface area (Å²) in [6.07, 6.45) is 0. The van der Waals surface area contributed by atoms with E-state index in [4.69, 9.17) is 11.6 Å². The Morgan fingerprint density at radius 3 is 2.48 bits per heavy atom. The van der Waals surface area contributed by atoms with Crippen LogP contribution in [-0.2, 0) is 21.9 Å². The minimum Gasteiger partial charge on any atom is -0.357 e. The van der Waals surface area contributed by atoms with Crippen LogP contribution in [0.1, 0.15) is 23.6 Å². The second-order valence-electron chi connectivity index (χ2n) is 6.42. The highest BCUT2D eigenvalue weighted by Crippen LogP contribution is 2.18. The molecule has 2 rings (SSSR count). The van der Waals surface area contributed by atoms with E-state index in [2.05, 4.69) is 29.6 Å². The Bertz CT molecular complexity index is 780. The van der Waals surface area contributed by atoms with Crippen LogP contribution in [0.25, 0.3) is 0 Å². The van der Waals surface area contributed by atoms with Crippen molar-refractivity contribution in [3.8, 4) is 0 Å². The molecule has 1 N–H and O–H groups in total. The normalized spacial score (nSPS) is 11.7. The smallest absolute Gasteiger partial charge is 0.242 e. The van der Waals surface area contributed by atoms with Crippen molar-refractivity contribution in [1.82, 2.24) is 10.2 Å². The van der Waals surface area contributed by atoms with E-state index in [1.165, 1.54) is 11.1 Å². The van der Waals surface area contributed by atoms with E-state index in [0.29, 0.717) is 17.3 Å². The minimum absolute atomic E-state index is 0.0665. The van der Waals surface area contributed by atoms with E-state index in [0.717, 1.165) is 11.3 Å². The number of hydrogen-bond donors (Lipinski definition) is 1. The summed E-state index contributed by atoms with van der Waals surface area (Å²) in [5.41, 5.74) is 3.29. The van der Waals surface area contributed by atoms with Crippen molar-refractivity contribution in [3.63, 3.8) is 0 Å². The first-order valence-electron chi connectivity index (χ1n) is 8.79. The zero-order chi connectivity index (χ0) is 19.8. The maximum absolute atomic E-state index is 12.8.